The van der Waals surface area contributed by atoms with Gasteiger partial charge in [-0.05, 0) is 5.56 Å². The molecule has 0 radical (unpaired) electrons. The van der Waals surface area contributed by atoms with Crippen LogP contribution in [0.4, 0.5) is 0 Å². The molecule has 0 aromatic heterocycles. The van der Waals surface area contributed by atoms with Gasteiger partial charge in [-0.2, -0.15) is 4.31 Å². The van der Waals surface area contributed by atoms with Crippen LogP contribution in [0.1, 0.15) is 11.6 Å². The van der Waals surface area contributed by atoms with Crippen molar-refractivity contribution in [3.8, 4) is 0 Å². The summed E-state index contributed by atoms with van der Waals surface area (Å²) in [6.45, 7) is 1.11. The zero-order valence-corrected chi connectivity index (χ0v) is 11.0. The van der Waals surface area contributed by atoms with Gasteiger partial charge >= 0.3 is 0 Å². The molecule has 0 aliphatic carbocycles. The molecular weight excluding hydrogens is 252 g/mol. The molecule has 1 aliphatic heterocycles. The topological polar surface area (TPSA) is 57.7 Å². The lowest BCUT2D eigenvalue weighted by Gasteiger charge is -2.38. The van der Waals surface area contributed by atoms with E-state index >= 15 is 0 Å². The molecule has 6 heteroatoms. The lowest BCUT2D eigenvalue weighted by molar-refractivity contribution is -0.122. The monoisotopic (exact) mass is 268 g/mol. The second-order valence-corrected chi connectivity index (χ2v) is 6.37. The van der Waals surface area contributed by atoms with Crippen molar-refractivity contribution in [1.29, 1.82) is 0 Å². The molecule has 1 saturated heterocycles. The molecule has 1 aromatic carbocycles. The molecule has 98 valence electrons. The van der Waals surface area contributed by atoms with E-state index in [2.05, 4.69) is 0 Å². The molecule has 1 fully saturated rings. The van der Waals surface area contributed by atoms with E-state index in [1.807, 2.05) is 30.3 Å². The number of carbonyl (C=O) groups excluding carboxylic acids is 1. The van der Waals surface area contributed by atoms with Crippen LogP contribution in [0.3, 0.4) is 0 Å². The van der Waals surface area contributed by atoms with Crippen molar-refractivity contribution in [1.82, 2.24) is 9.21 Å². The summed E-state index contributed by atoms with van der Waals surface area (Å²) in [5.41, 5.74) is 0.956. The highest BCUT2D eigenvalue weighted by molar-refractivity contribution is 7.88. The van der Waals surface area contributed by atoms with E-state index in [4.69, 9.17) is 0 Å². The molecule has 2 rings (SSSR count). The largest absolute Gasteiger partial charge is 0.336 e. The number of amides is 1. The number of hydrogen-bond donors (Lipinski definition) is 0. The van der Waals surface area contributed by atoms with Gasteiger partial charge < -0.3 is 4.90 Å². The summed E-state index contributed by atoms with van der Waals surface area (Å²) in [4.78, 5) is 12.7. The number of sulfonamides is 1. The number of hydrogen-bond acceptors (Lipinski definition) is 3. The van der Waals surface area contributed by atoms with E-state index in [1.165, 1.54) is 10.6 Å². The second-order valence-electron chi connectivity index (χ2n) is 4.39. The Balaban J connectivity index is 2.27. The molecule has 18 heavy (non-hydrogen) atoms. The molecule has 0 saturated carbocycles. The minimum Gasteiger partial charge on any atom is -0.336 e. The summed E-state index contributed by atoms with van der Waals surface area (Å²) in [6, 6.07) is 9.29. The van der Waals surface area contributed by atoms with Crippen LogP contribution < -0.4 is 0 Å². The lowest BCUT2D eigenvalue weighted by Crippen LogP contribution is -2.49. The maximum atomic E-state index is 11.6. The molecule has 1 aliphatic rings. The minimum absolute atomic E-state index is 0.202. The Morgan fingerprint density at radius 2 is 1.89 bits per heavy atom. The van der Waals surface area contributed by atoms with E-state index in [-0.39, 0.29) is 6.04 Å². The molecule has 1 aromatic rings. The van der Waals surface area contributed by atoms with Crippen LogP contribution in [0.25, 0.3) is 0 Å². The van der Waals surface area contributed by atoms with E-state index in [0.29, 0.717) is 19.6 Å². The smallest absolute Gasteiger partial charge is 0.211 e. The average molecular weight is 268 g/mol. The molecule has 5 nitrogen and oxygen atoms in total. The predicted molar refractivity (Wildman–Crippen MR) is 68.4 cm³/mol. The molecule has 0 unspecified atom stereocenters. The Morgan fingerprint density at radius 3 is 2.44 bits per heavy atom. The van der Waals surface area contributed by atoms with Crippen molar-refractivity contribution in [2.45, 2.75) is 6.04 Å². The zero-order valence-electron chi connectivity index (χ0n) is 10.2. The predicted octanol–water partition coefficient (Wildman–Crippen LogP) is 0.461. The van der Waals surface area contributed by atoms with E-state index < -0.39 is 10.0 Å². The van der Waals surface area contributed by atoms with Gasteiger partial charge in [-0.15, -0.1) is 0 Å². The zero-order chi connectivity index (χ0) is 13.2. The van der Waals surface area contributed by atoms with Crippen LogP contribution in [-0.2, 0) is 14.8 Å². The first-order valence-corrected chi connectivity index (χ1v) is 7.58. The molecule has 0 N–H and O–H groups in total. The van der Waals surface area contributed by atoms with Gasteiger partial charge in [0, 0.05) is 19.6 Å². The van der Waals surface area contributed by atoms with Gasteiger partial charge in [0.2, 0.25) is 16.4 Å². The highest BCUT2D eigenvalue weighted by Crippen LogP contribution is 2.25. The minimum atomic E-state index is -3.21. The van der Waals surface area contributed by atoms with Gasteiger partial charge in [-0.1, -0.05) is 30.3 Å². The van der Waals surface area contributed by atoms with Crippen molar-refractivity contribution < 1.29 is 13.2 Å². The van der Waals surface area contributed by atoms with Crippen molar-refractivity contribution in [2.75, 3.05) is 25.9 Å². The third kappa shape index (κ3) is 2.70. The molecule has 0 bridgehead atoms. The molecule has 1 heterocycles. The summed E-state index contributed by atoms with van der Waals surface area (Å²) in [5.74, 6) is 0. The standard InChI is InChI=1S/C12H16N2O3S/c1-18(16,17)14-8-7-13(10-15)12(9-14)11-5-3-2-4-6-11/h2-6,10,12H,7-9H2,1H3/t12-/m1/s1. The van der Waals surface area contributed by atoms with E-state index in [9.17, 15) is 13.2 Å². The van der Waals surface area contributed by atoms with Gasteiger partial charge in [-0.25, -0.2) is 8.42 Å². The third-order valence-electron chi connectivity index (χ3n) is 3.17. The maximum absolute atomic E-state index is 11.6. The first-order valence-electron chi connectivity index (χ1n) is 5.73. The Morgan fingerprint density at radius 1 is 1.22 bits per heavy atom. The molecule has 1 atom stereocenters. The summed E-state index contributed by atoms with van der Waals surface area (Å²) in [7, 11) is -3.21. The van der Waals surface area contributed by atoms with Crippen molar-refractivity contribution in [3.63, 3.8) is 0 Å². The first-order chi connectivity index (χ1) is 8.52. The fourth-order valence-corrected chi connectivity index (χ4v) is 3.00. The number of benzene rings is 1. The number of rotatable bonds is 3. The molecule has 1 amide bonds. The first kappa shape index (κ1) is 13.0. The highest BCUT2D eigenvalue weighted by Gasteiger charge is 2.31. The summed E-state index contributed by atoms with van der Waals surface area (Å²) in [5, 5.41) is 0. The maximum Gasteiger partial charge on any atom is 0.211 e. The van der Waals surface area contributed by atoms with E-state index in [1.54, 1.807) is 4.90 Å². The lowest BCUT2D eigenvalue weighted by atomic mass is 10.0. The van der Waals surface area contributed by atoms with Gasteiger partial charge in [0.1, 0.15) is 0 Å². The van der Waals surface area contributed by atoms with Crippen LogP contribution >= 0.6 is 0 Å². The van der Waals surface area contributed by atoms with Crippen LogP contribution in [0, 0.1) is 0 Å². The Hall–Kier alpha value is -1.40. The summed E-state index contributed by atoms with van der Waals surface area (Å²) >= 11 is 0. The highest BCUT2D eigenvalue weighted by atomic mass is 32.2. The molecule has 0 spiro atoms. The Kier molecular flexibility index (Phi) is 3.68. The van der Waals surface area contributed by atoms with Crippen LogP contribution in [0.5, 0.6) is 0 Å². The second kappa shape index (κ2) is 5.07. The van der Waals surface area contributed by atoms with Gasteiger partial charge in [-0.3, -0.25) is 4.79 Å². The SMILES string of the molecule is CS(=O)(=O)N1CCN(C=O)[C@@H](c2ccccc2)C1. The van der Waals surface area contributed by atoms with Crippen LogP contribution in [0.2, 0.25) is 0 Å². The van der Waals surface area contributed by atoms with Crippen LogP contribution in [-0.4, -0.2) is 49.9 Å². The fraction of sp³-hybridized carbons (Fsp3) is 0.417. The normalized spacial score (nSPS) is 21.8. The van der Waals surface area contributed by atoms with Crippen molar-refractivity contribution in [3.05, 3.63) is 35.9 Å². The average Bonchev–Trinajstić information content (AvgIpc) is 2.38. The number of piperazine rings is 1. The van der Waals surface area contributed by atoms with Gasteiger partial charge in [0.05, 0.1) is 12.3 Å². The summed E-state index contributed by atoms with van der Waals surface area (Å²) in [6.07, 6.45) is 1.99. The molecular formula is C12H16N2O3S. The van der Waals surface area contributed by atoms with Crippen molar-refractivity contribution >= 4 is 16.4 Å². The quantitative estimate of drug-likeness (QED) is 0.748. The van der Waals surface area contributed by atoms with Gasteiger partial charge in [0.25, 0.3) is 0 Å². The third-order valence-corrected chi connectivity index (χ3v) is 4.44. The number of carbonyl (C=O) groups is 1. The van der Waals surface area contributed by atoms with Gasteiger partial charge in [0.15, 0.2) is 0 Å². The number of nitrogens with zero attached hydrogens (tertiary/aromatic N) is 2. The Labute approximate surface area is 107 Å². The van der Waals surface area contributed by atoms with Crippen LogP contribution in [0.15, 0.2) is 30.3 Å². The Bertz CT molecular complexity index is 515. The van der Waals surface area contributed by atoms with E-state index in [0.717, 1.165) is 12.0 Å². The summed E-state index contributed by atoms with van der Waals surface area (Å²) < 4.78 is 24.6. The fourth-order valence-electron chi connectivity index (χ4n) is 2.17. The van der Waals surface area contributed by atoms with Crippen molar-refractivity contribution in [2.24, 2.45) is 0 Å².